The smallest absolute Gasteiger partial charge is 0.374 e. The van der Waals surface area contributed by atoms with Crippen molar-refractivity contribution in [3.05, 3.63) is 38.6 Å². The molecule has 1 aromatic heterocycles. The molecule has 0 saturated carbocycles. The quantitative estimate of drug-likeness (QED) is 0.834. The highest BCUT2D eigenvalue weighted by Crippen LogP contribution is 2.31. The van der Waals surface area contributed by atoms with Crippen LogP contribution in [0.25, 0.3) is 11.5 Å². The fourth-order valence-corrected chi connectivity index (χ4v) is 2.60. The molecule has 1 heterocycles. The molecule has 0 radical (unpaired) electrons. The number of carbonyl (C=O) groups is 2. The van der Waals surface area contributed by atoms with Crippen LogP contribution >= 0.6 is 31.9 Å². The second-order valence-electron chi connectivity index (χ2n) is 3.43. The molecule has 0 aliphatic rings. The first kappa shape index (κ1) is 13.8. The Morgan fingerprint density at radius 3 is 2.32 bits per heavy atom. The van der Waals surface area contributed by atoms with Crippen LogP contribution in [0.5, 0.6) is 0 Å². The van der Waals surface area contributed by atoms with Crippen molar-refractivity contribution in [2.45, 2.75) is 0 Å². The molecule has 0 aliphatic heterocycles. The Bertz CT molecular complexity index is 648. The molecular formula is C11H5Br2NO5. The number of carboxylic acids is 2. The lowest BCUT2D eigenvalue weighted by atomic mass is 10.2. The monoisotopic (exact) mass is 389 g/mol. The van der Waals surface area contributed by atoms with Gasteiger partial charge in [0.25, 0.3) is 0 Å². The summed E-state index contributed by atoms with van der Waals surface area (Å²) in [6.45, 7) is 0. The first-order chi connectivity index (χ1) is 8.90. The Morgan fingerprint density at radius 1 is 1.16 bits per heavy atom. The molecule has 1 aromatic carbocycles. The Morgan fingerprint density at radius 2 is 1.84 bits per heavy atom. The molecule has 6 nitrogen and oxygen atoms in total. The summed E-state index contributed by atoms with van der Waals surface area (Å²) in [5.74, 6) is -3.71. The normalized spacial score (nSPS) is 10.4. The van der Waals surface area contributed by atoms with Crippen LogP contribution in [0.15, 0.2) is 31.6 Å². The number of aromatic carboxylic acids is 2. The maximum absolute atomic E-state index is 10.9. The van der Waals surface area contributed by atoms with E-state index in [2.05, 4.69) is 36.8 Å². The summed E-state index contributed by atoms with van der Waals surface area (Å²) in [5, 5.41) is 17.8. The van der Waals surface area contributed by atoms with Gasteiger partial charge in [-0.3, -0.25) is 0 Å². The van der Waals surface area contributed by atoms with E-state index < -0.39 is 23.4 Å². The van der Waals surface area contributed by atoms with Crippen LogP contribution in [0.1, 0.15) is 21.0 Å². The molecule has 0 spiro atoms. The van der Waals surface area contributed by atoms with Gasteiger partial charge in [0.2, 0.25) is 17.3 Å². The SMILES string of the molecule is O=C(O)c1nc(-c2ccc(Br)cc2Br)oc1C(=O)O. The standard InChI is InChI=1S/C11H5Br2NO5/c12-4-1-2-5(6(13)3-4)9-14-7(10(15)16)8(19-9)11(17)18/h1-3H,(H,15,16)(H,17,18). The van der Waals surface area contributed by atoms with Gasteiger partial charge in [0.05, 0.1) is 5.56 Å². The van der Waals surface area contributed by atoms with Crippen molar-refractivity contribution in [3.8, 4) is 11.5 Å². The molecular weight excluding hydrogens is 386 g/mol. The highest BCUT2D eigenvalue weighted by Gasteiger charge is 2.26. The van der Waals surface area contributed by atoms with Crippen LogP contribution in [0, 0.1) is 0 Å². The average molecular weight is 391 g/mol. The Labute approximate surface area is 123 Å². The van der Waals surface area contributed by atoms with Crippen molar-refractivity contribution in [2.24, 2.45) is 0 Å². The fourth-order valence-electron chi connectivity index (χ4n) is 1.39. The number of aromatic nitrogens is 1. The fraction of sp³-hybridized carbons (Fsp3) is 0. The van der Waals surface area contributed by atoms with Crippen molar-refractivity contribution in [2.75, 3.05) is 0 Å². The molecule has 2 rings (SSSR count). The molecule has 98 valence electrons. The average Bonchev–Trinajstić information content (AvgIpc) is 2.73. The van der Waals surface area contributed by atoms with E-state index in [9.17, 15) is 9.59 Å². The van der Waals surface area contributed by atoms with Crippen LogP contribution in [-0.4, -0.2) is 27.1 Å². The highest BCUT2D eigenvalue weighted by atomic mass is 79.9. The predicted molar refractivity (Wildman–Crippen MR) is 71.3 cm³/mol. The van der Waals surface area contributed by atoms with E-state index in [4.69, 9.17) is 14.6 Å². The number of carboxylic acid groups (broad SMARTS) is 2. The van der Waals surface area contributed by atoms with Gasteiger partial charge in [0.15, 0.2) is 0 Å². The molecule has 0 saturated heterocycles. The first-order valence-electron chi connectivity index (χ1n) is 4.83. The summed E-state index contributed by atoms with van der Waals surface area (Å²) in [7, 11) is 0. The number of benzene rings is 1. The van der Waals surface area contributed by atoms with Gasteiger partial charge in [-0.1, -0.05) is 15.9 Å². The van der Waals surface area contributed by atoms with Crippen molar-refractivity contribution < 1.29 is 24.2 Å². The Hall–Kier alpha value is -1.67. The van der Waals surface area contributed by atoms with Crippen molar-refractivity contribution in [3.63, 3.8) is 0 Å². The summed E-state index contributed by atoms with van der Waals surface area (Å²) in [5.41, 5.74) is -0.171. The van der Waals surface area contributed by atoms with E-state index in [0.717, 1.165) is 4.47 Å². The minimum atomic E-state index is -1.48. The molecule has 0 atom stereocenters. The number of oxazole rings is 1. The summed E-state index contributed by atoms with van der Waals surface area (Å²) in [6.07, 6.45) is 0. The van der Waals surface area contributed by atoms with Crippen molar-refractivity contribution >= 4 is 43.8 Å². The van der Waals surface area contributed by atoms with Crippen LogP contribution in [-0.2, 0) is 0 Å². The zero-order chi connectivity index (χ0) is 14.2. The first-order valence-corrected chi connectivity index (χ1v) is 6.41. The van der Waals surface area contributed by atoms with Crippen molar-refractivity contribution in [1.29, 1.82) is 0 Å². The van der Waals surface area contributed by atoms with E-state index >= 15 is 0 Å². The lowest BCUT2D eigenvalue weighted by molar-refractivity contribution is 0.0624. The molecule has 19 heavy (non-hydrogen) atoms. The predicted octanol–water partition coefficient (Wildman–Crippen LogP) is 3.26. The maximum Gasteiger partial charge on any atom is 0.374 e. The van der Waals surface area contributed by atoms with Gasteiger partial charge in [-0.15, -0.1) is 0 Å². The molecule has 0 unspecified atom stereocenters. The second-order valence-corrected chi connectivity index (χ2v) is 5.20. The number of hydrogen-bond donors (Lipinski definition) is 2. The highest BCUT2D eigenvalue weighted by molar-refractivity contribution is 9.11. The number of nitrogens with zero attached hydrogens (tertiary/aromatic N) is 1. The molecule has 0 fully saturated rings. The van der Waals surface area contributed by atoms with Crippen LogP contribution < -0.4 is 0 Å². The molecule has 0 aliphatic carbocycles. The topological polar surface area (TPSA) is 101 Å². The minimum Gasteiger partial charge on any atom is -0.476 e. The molecule has 8 heteroatoms. The summed E-state index contributed by atoms with van der Waals surface area (Å²) < 4.78 is 6.40. The number of rotatable bonds is 3. The zero-order valence-corrected chi connectivity index (χ0v) is 12.2. The summed E-state index contributed by atoms with van der Waals surface area (Å²) >= 11 is 6.53. The van der Waals surface area contributed by atoms with Gasteiger partial charge in [0.1, 0.15) is 0 Å². The van der Waals surface area contributed by atoms with Gasteiger partial charge in [-0.25, -0.2) is 14.6 Å². The number of halogens is 2. The van der Waals surface area contributed by atoms with Crippen LogP contribution in [0.4, 0.5) is 0 Å². The van der Waals surface area contributed by atoms with E-state index in [1.165, 1.54) is 0 Å². The van der Waals surface area contributed by atoms with Crippen molar-refractivity contribution in [1.82, 2.24) is 4.98 Å². The summed E-state index contributed by atoms with van der Waals surface area (Å²) in [4.78, 5) is 25.5. The van der Waals surface area contributed by atoms with E-state index in [1.54, 1.807) is 18.2 Å². The van der Waals surface area contributed by atoms with Gasteiger partial charge >= 0.3 is 11.9 Å². The lowest BCUT2D eigenvalue weighted by Gasteiger charge is -1.99. The van der Waals surface area contributed by atoms with Gasteiger partial charge in [0, 0.05) is 8.95 Å². The largest absolute Gasteiger partial charge is 0.476 e. The van der Waals surface area contributed by atoms with Gasteiger partial charge in [-0.2, -0.15) is 0 Å². The van der Waals surface area contributed by atoms with Crippen LogP contribution in [0.3, 0.4) is 0 Å². The third kappa shape index (κ3) is 2.69. The second kappa shape index (κ2) is 5.14. The van der Waals surface area contributed by atoms with Gasteiger partial charge < -0.3 is 14.6 Å². The third-order valence-electron chi connectivity index (χ3n) is 2.19. The van der Waals surface area contributed by atoms with Crippen LogP contribution in [0.2, 0.25) is 0 Å². The number of hydrogen-bond acceptors (Lipinski definition) is 4. The van der Waals surface area contributed by atoms with Gasteiger partial charge in [-0.05, 0) is 34.1 Å². The Balaban J connectivity index is 2.60. The van der Waals surface area contributed by atoms with E-state index in [0.29, 0.717) is 10.0 Å². The molecule has 2 aromatic rings. The lowest BCUT2D eigenvalue weighted by Crippen LogP contribution is -2.05. The van der Waals surface area contributed by atoms with E-state index in [1.807, 2.05) is 0 Å². The zero-order valence-electron chi connectivity index (χ0n) is 9.05. The van der Waals surface area contributed by atoms with E-state index in [-0.39, 0.29) is 5.89 Å². The molecule has 0 amide bonds. The Kier molecular flexibility index (Phi) is 3.72. The molecule has 2 N–H and O–H groups in total. The third-order valence-corrected chi connectivity index (χ3v) is 3.33. The summed E-state index contributed by atoms with van der Waals surface area (Å²) in [6, 6.07) is 5.03. The minimum absolute atomic E-state index is 0.0748. The molecule has 0 bridgehead atoms. The maximum atomic E-state index is 10.9.